The Labute approximate surface area is 165 Å². The van der Waals surface area contributed by atoms with Gasteiger partial charge < -0.3 is 19.4 Å². The van der Waals surface area contributed by atoms with Crippen molar-refractivity contribution in [2.24, 2.45) is 0 Å². The lowest BCUT2D eigenvalue weighted by molar-refractivity contribution is 0.0723. The fourth-order valence-corrected chi connectivity index (χ4v) is 2.83. The molecule has 8 nitrogen and oxygen atoms in total. The number of amides is 1. The third kappa shape index (κ3) is 4.83. The summed E-state index contributed by atoms with van der Waals surface area (Å²) < 4.78 is 10.9. The lowest BCUT2D eigenvalue weighted by atomic mass is 10.1. The van der Waals surface area contributed by atoms with Crippen molar-refractivity contribution < 1.29 is 14.3 Å². The molecule has 1 aliphatic rings. The minimum atomic E-state index is -0.715. The number of halogens is 1. The van der Waals surface area contributed by atoms with E-state index in [1.807, 2.05) is 6.07 Å². The van der Waals surface area contributed by atoms with E-state index in [1.165, 1.54) is 7.11 Å². The van der Waals surface area contributed by atoms with E-state index in [9.17, 15) is 14.4 Å². The van der Waals surface area contributed by atoms with Gasteiger partial charge in [-0.2, -0.15) is 0 Å². The van der Waals surface area contributed by atoms with Crippen LogP contribution in [0, 0.1) is 0 Å². The number of methoxy groups -OCH3 is 1. The molecule has 1 saturated carbocycles. The summed E-state index contributed by atoms with van der Waals surface area (Å²) in [5.74, 6) is 0.609. The molecule has 1 heterocycles. The summed E-state index contributed by atoms with van der Waals surface area (Å²) in [6, 6.07) is 6.48. The van der Waals surface area contributed by atoms with Crippen LogP contribution in [0.2, 0.25) is 0 Å². The summed E-state index contributed by atoms with van der Waals surface area (Å²) in [5, 5.41) is 0.348. The Morgan fingerprint density at radius 2 is 2.00 bits per heavy atom. The van der Waals surface area contributed by atoms with Gasteiger partial charge in [0.05, 0.1) is 7.11 Å². The van der Waals surface area contributed by atoms with Crippen LogP contribution in [-0.2, 0) is 6.54 Å². The summed E-state index contributed by atoms with van der Waals surface area (Å²) in [6.07, 6.45) is 1.73. The zero-order valence-electron chi connectivity index (χ0n) is 15.3. The Bertz CT molecular complexity index is 981. The van der Waals surface area contributed by atoms with E-state index in [4.69, 9.17) is 21.1 Å². The molecule has 28 heavy (non-hydrogen) atoms. The SMILES string of the molecule is C=C(Cl)COc1cc(CN(C(=O)c2cc(=O)[nH]c(=O)[nH]2)C2CC2)ccc1OC. The topological polar surface area (TPSA) is 104 Å². The smallest absolute Gasteiger partial charge is 0.326 e. The first-order valence-corrected chi connectivity index (χ1v) is 9.03. The monoisotopic (exact) mass is 405 g/mol. The van der Waals surface area contributed by atoms with Crippen LogP contribution in [-0.4, -0.2) is 40.5 Å². The molecule has 0 atom stereocenters. The average Bonchev–Trinajstić information content (AvgIpc) is 3.48. The number of hydrogen-bond donors (Lipinski definition) is 2. The molecular weight excluding hydrogens is 386 g/mol. The maximum atomic E-state index is 12.9. The number of ether oxygens (including phenoxy) is 2. The third-order valence-electron chi connectivity index (χ3n) is 4.20. The van der Waals surface area contributed by atoms with Crippen LogP contribution in [0.5, 0.6) is 11.5 Å². The van der Waals surface area contributed by atoms with Crippen molar-refractivity contribution in [1.82, 2.24) is 14.9 Å². The average molecular weight is 406 g/mol. The van der Waals surface area contributed by atoms with Gasteiger partial charge in [-0.3, -0.25) is 14.6 Å². The third-order valence-corrected chi connectivity index (χ3v) is 4.31. The highest BCUT2D eigenvalue weighted by molar-refractivity contribution is 6.29. The molecular formula is C19H20ClN3O5. The van der Waals surface area contributed by atoms with Crippen molar-refractivity contribution in [1.29, 1.82) is 0 Å². The highest BCUT2D eigenvalue weighted by atomic mass is 35.5. The number of nitrogens with zero attached hydrogens (tertiary/aromatic N) is 1. The highest BCUT2D eigenvalue weighted by Gasteiger charge is 2.33. The van der Waals surface area contributed by atoms with Gasteiger partial charge in [-0.15, -0.1) is 0 Å². The molecule has 1 aliphatic carbocycles. The second-order valence-corrected chi connectivity index (χ2v) is 6.99. The van der Waals surface area contributed by atoms with Gasteiger partial charge in [0.2, 0.25) is 0 Å². The number of aromatic nitrogens is 2. The fourth-order valence-electron chi connectivity index (χ4n) is 2.78. The lowest BCUT2D eigenvalue weighted by Gasteiger charge is -2.23. The van der Waals surface area contributed by atoms with Crippen molar-refractivity contribution in [2.45, 2.75) is 25.4 Å². The van der Waals surface area contributed by atoms with E-state index in [1.54, 1.807) is 17.0 Å². The van der Waals surface area contributed by atoms with E-state index in [-0.39, 0.29) is 18.3 Å². The van der Waals surface area contributed by atoms with Crippen LogP contribution >= 0.6 is 11.6 Å². The Balaban J connectivity index is 1.85. The van der Waals surface area contributed by atoms with Crippen molar-refractivity contribution >= 4 is 17.5 Å². The Hall–Kier alpha value is -3.00. The predicted molar refractivity (Wildman–Crippen MR) is 104 cm³/mol. The summed E-state index contributed by atoms with van der Waals surface area (Å²) in [6.45, 7) is 4.01. The molecule has 0 bridgehead atoms. The van der Waals surface area contributed by atoms with E-state index < -0.39 is 17.2 Å². The first kappa shape index (κ1) is 19.8. The van der Waals surface area contributed by atoms with E-state index in [0.29, 0.717) is 23.1 Å². The molecule has 1 fully saturated rings. The molecule has 3 rings (SSSR count). The minimum Gasteiger partial charge on any atom is -0.493 e. The van der Waals surface area contributed by atoms with Gasteiger partial charge in [0.1, 0.15) is 12.3 Å². The molecule has 0 aliphatic heterocycles. The normalized spacial score (nSPS) is 13.1. The number of nitrogens with one attached hydrogen (secondary N) is 2. The molecule has 1 aromatic carbocycles. The molecule has 148 valence electrons. The van der Waals surface area contributed by atoms with E-state index in [0.717, 1.165) is 24.5 Å². The quantitative estimate of drug-likeness (QED) is 0.699. The molecule has 0 saturated heterocycles. The second-order valence-electron chi connectivity index (χ2n) is 6.46. The molecule has 9 heteroatoms. The van der Waals surface area contributed by atoms with Crippen LogP contribution < -0.4 is 20.7 Å². The van der Waals surface area contributed by atoms with Crippen LogP contribution in [0.25, 0.3) is 0 Å². The fraction of sp³-hybridized carbons (Fsp3) is 0.316. The number of benzene rings is 1. The number of H-pyrrole nitrogens is 2. The summed E-state index contributed by atoms with van der Waals surface area (Å²) in [7, 11) is 1.53. The molecule has 1 amide bonds. The Kier molecular flexibility index (Phi) is 5.89. The van der Waals surface area contributed by atoms with Crippen molar-refractivity contribution in [2.75, 3.05) is 13.7 Å². The summed E-state index contributed by atoms with van der Waals surface area (Å²) in [4.78, 5) is 42.0. The van der Waals surface area contributed by atoms with Gasteiger partial charge in [0.25, 0.3) is 11.5 Å². The van der Waals surface area contributed by atoms with E-state index >= 15 is 0 Å². The standard InChI is InChI=1S/C19H20ClN3O5/c1-11(20)10-28-16-7-12(3-6-15(16)27-2)9-23(13-4-5-13)18(25)14-8-17(24)22-19(26)21-14/h3,6-8,13H,1,4-5,9-10H2,2H3,(H2,21,22,24,26). The molecule has 0 unspecified atom stereocenters. The first-order chi connectivity index (χ1) is 13.4. The molecule has 0 radical (unpaired) electrons. The van der Waals surface area contributed by atoms with Gasteiger partial charge in [-0.05, 0) is 30.5 Å². The number of hydrogen-bond acceptors (Lipinski definition) is 5. The van der Waals surface area contributed by atoms with Gasteiger partial charge >= 0.3 is 5.69 Å². The van der Waals surface area contributed by atoms with Crippen LogP contribution in [0.4, 0.5) is 0 Å². The zero-order chi connectivity index (χ0) is 20.3. The van der Waals surface area contributed by atoms with Crippen molar-refractivity contribution in [3.8, 4) is 11.5 Å². The van der Waals surface area contributed by atoms with Crippen molar-refractivity contribution in [3.05, 3.63) is 68.0 Å². The molecule has 2 N–H and O–H groups in total. The Morgan fingerprint density at radius 1 is 1.25 bits per heavy atom. The van der Waals surface area contributed by atoms with Crippen molar-refractivity contribution in [3.63, 3.8) is 0 Å². The van der Waals surface area contributed by atoms with Gasteiger partial charge in [0, 0.05) is 23.7 Å². The second kappa shape index (κ2) is 8.35. The largest absolute Gasteiger partial charge is 0.493 e. The lowest BCUT2D eigenvalue weighted by Crippen LogP contribution is -2.36. The van der Waals surface area contributed by atoms with Crippen LogP contribution in [0.15, 0.2) is 45.5 Å². The molecule has 0 spiro atoms. The summed E-state index contributed by atoms with van der Waals surface area (Å²) >= 11 is 5.76. The first-order valence-electron chi connectivity index (χ1n) is 8.65. The highest BCUT2D eigenvalue weighted by Crippen LogP contribution is 2.32. The number of rotatable bonds is 8. The summed E-state index contributed by atoms with van der Waals surface area (Å²) in [5.41, 5.74) is -0.565. The number of carbonyl (C=O) groups excluding carboxylic acids is 1. The molecule has 1 aromatic heterocycles. The maximum absolute atomic E-state index is 12.9. The van der Waals surface area contributed by atoms with Gasteiger partial charge in [-0.25, -0.2) is 4.79 Å². The van der Waals surface area contributed by atoms with Crippen LogP contribution in [0.3, 0.4) is 0 Å². The maximum Gasteiger partial charge on any atom is 0.326 e. The Morgan fingerprint density at radius 3 is 2.61 bits per heavy atom. The molecule has 2 aromatic rings. The van der Waals surface area contributed by atoms with Gasteiger partial charge in [-0.1, -0.05) is 24.2 Å². The zero-order valence-corrected chi connectivity index (χ0v) is 16.0. The van der Waals surface area contributed by atoms with Crippen LogP contribution in [0.1, 0.15) is 28.9 Å². The van der Waals surface area contributed by atoms with E-state index in [2.05, 4.69) is 16.5 Å². The minimum absolute atomic E-state index is 0.0379. The number of aromatic amines is 2. The predicted octanol–water partition coefficient (Wildman–Crippen LogP) is 2.01. The van der Waals surface area contributed by atoms with Gasteiger partial charge in [0.15, 0.2) is 11.5 Å². The number of carbonyl (C=O) groups is 1.